The van der Waals surface area contributed by atoms with Crippen molar-refractivity contribution < 1.29 is 14.1 Å². The van der Waals surface area contributed by atoms with Gasteiger partial charge >= 0.3 is 5.56 Å². The van der Waals surface area contributed by atoms with Crippen molar-refractivity contribution >= 4 is 16.7 Å². The number of fused-ring (bicyclic) bond motifs is 3. The minimum Gasteiger partial charge on any atom is -0.501 e. The number of rotatable bonds is 3. The zero-order chi connectivity index (χ0) is 24.1. The van der Waals surface area contributed by atoms with Crippen LogP contribution in [-0.4, -0.2) is 48.5 Å². The van der Waals surface area contributed by atoms with Gasteiger partial charge in [-0.25, -0.2) is 0 Å². The molecule has 0 bridgehead atoms. The highest BCUT2D eigenvalue weighted by Gasteiger charge is 2.43. The second-order valence-electron chi connectivity index (χ2n) is 9.21. The van der Waals surface area contributed by atoms with Crippen LogP contribution in [0, 0.1) is 0 Å². The van der Waals surface area contributed by atoms with Gasteiger partial charge in [-0.05, 0) is 48.9 Å². The van der Waals surface area contributed by atoms with Crippen LogP contribution in [-0.2, 0) is 23.6 Å². The summed E-state index contributed by atoms with van der Waals surface area (Å²) >= 11 is 0. The van der Waals surface area contributed by atoms with Gasteiger partial charge in [-0.2, -0.15) is 4.98 Å². The first-order valence-corrected chi connectivity index (χ1v) is 13.0. The maximum absolute atomic E-state index is 13.5. The molecule has 0 spiro atoms. The van der Waals surface area contributed by atoms with E-state index in [2.05, 4.69) is 29.2 Å². The van der Waals surface area contributed by atoms with Gasteiger partial charge < -0.3 is 14.6 Å². The van der Waals surface area contributed by atoms with Crippen molar-refractivity contribution in [3.63, 3.8) is 0 Å². The fraction of sp³-hybridized carbons (Fsp3) is 0.346. The van der Waals surface area contributed by atoms with E-state index in [4.69, 9.17) is 0 Å². The third kappa shape index (κ3) is 3.48. The van der Waals surface area contributed by atoms with Gasteiger partial charge in [-0.1, -0.05) is 48.5 Å². The number of carbonyl (C=O) groups excluding carboxylic acids is 1. The number of hydrogen-bond donors (Lipinski definition) is 1. The molecule has 34 heavy (non-hydrogen) atoms. The van der Waals surface area contributed by atoms with Crippen LogP contribution >= 0.6 is 0 Å². The molecule has 3 aromatic rings. The van der Waals surface area contributed by atoms with Crippen molar-refractivity contribution in [2.45, 2.75) is 49.8 Å². The van der Waals surface area contributed by atoms with E-state index in [1.165, 1.54) is 17.4 Å². The molecular formula is C26H27N3O4S. The third-order valence-corrected chi connectivity index (χ3v) is 7.76. The molecule has 8 heteroatoms. The molecule has 1 N–H and O–H groups in total. The summed E-state index contributed by atoms with van der Waals surface area (Å²) in [6.07, 6.45) is 3.21. The first-order valence-electron chi connectivity index (χ1n) is 11.4. The lowest BCUT2D eigenvalue weighted by Crippen LogP contribution is -2.50. The fourth-order valence-corrected chi connectivity index (χ4v) is 6.12. The first kappa shape index (κ1) is 22.5. The van der Waals surface area contributed by atoms with Gasteiger partial charge in [0.25, 0.3) is 5.91 Å². The van der Waals surface area contributed by atoms with Gasteiger partial charge in [-0.15, -0.1) is 0 Å². The molecule has 1 amide bonds. The zero-order valence-corrected chi connectivity index (χ0v) is 20.2. The Morgan fingerprint density at radius 1 is 1.00 bits per heavy atom. The van der Waals surface area contributed by atoms with Crippen LogP contribution in [0.1, 0.15) is 58.5 Å². The van der Waals surface area contributed by atoms with Crippen molar-refractivity contribution in [1.82, 2.24) is 14.5 Å². The number of aromatic nitrogens is 2. The summed E-state index contributed by atoms with van der Waals surface area (Å²) in [5.41, 5.74) is 3.64. The Labute approximate surface area is 200 Å². The number of carbonyl (C=O) groups is 1. The first-order chi connectivity index (χ1) is 16.3. The van der Waals surface area contributed by atoms with Gasteiger partial charge in [0.05, 0.1) is 16.8 Å². The van der Waals surface area contributed by atoms with Crippen LogP contribution in [0.25, 0.3) is 0 Å². The van der Waals surface area contributed by atoms with E-state index in [1.54, 1.807) is 9.47 Å². The Morgan fingerprint density at radius 3 is 2.09 bits per heavy atom. The standard InChI is InChI=1S/C26H27N3O4S/c1-15(2)28-14-20(29-22(25(28)32)23(30)24(31)27-26(29)34(3)33)21-18-10-6-4-8-16(18)12-13-17-9-5-7-11-19(17)21/h4-11,15,20-21,30H,12-14H2,1-3H3/t20-,34?/m1/s1. The van der Waals surface area contributed by atoms with Crippen molar-refractivity contribution in [1.29, 1.82) is 0 Å². The highest BCUT2D eigenvalue weighted by Crippen LogP contribution is 2.45. The molecule has 7 nitrogen and oxygen atoms in total. The van der Waals surface area contributed by atoms with Gasteiger partial charge in [0.1, 0.15) is 0 Å². The molecule has 1 aromatic heterocycles. The van der Waals surface area contributed by atoms with Crippen molar-refractivity contribution in [3.8, 4) is 5.75 Å². The molecule has 1 unspecified atom stereocenters. The van der Waals surface area contributed by atoms with Crippen molar-refractivity contribution in [2.75, 3.05) is 12.8 Å². The molecule has 1 aliphatic heterocycles. The number of aromatic hydroxyl groups is 1. The second-order valence-corrected chi connectivity index (χ2v) is 10.5. The van der Waals surface area contributed by atoms with E-state index in [0.717, 1.165) is 24.0 Å². The summed E-state index contributed by atoms with van der Waals surface area (Å²) in [6, 6.07) is 16.0. The Kier molecular flexibility index (Phi) is 5.64. The average molecular weight is 478 g/mol. The highest BCUT2D eigenvalue weighted by molar-refractivity contribution is 7.84. The second kappa shape index (κ2) is 8.51. The third-order valence-electron chi connectivity index (χ3n) is 6.96. The number of aryl methyl sites for hydroxylation is 2. The summed E-state index contributed by atoms with van der Waals surface area (Å²) in [4.78, 5) is 31.6. The van der Waals surface area contributed by atoms with E-state index in [1.807, 2.05) is 38.1 Å². The Balaban J connectivity index is 1.87. The minimum absolute atomic E-state index is 0.0127. The Bertz CT molecular complexity index is 1330. The molecule has 2 atom stereocenters. The number of hydrogen-bond acceptors (Lipinski definition) is 5. The molecule has 2 heterocycles. The molecule has 1 aliphatic carbocycles. The Hall–Kier alpha value is -3.26. The number of benzene rings is 2. The largest absolute Gasteiger partial charge is 0.501 e. The molecule has 2 aromatic carbocycles. The van der Waals surface area contributed by atoms with Gasteiger partial charge in [-0.3, -0.25) is 13.8 Å². The lowest BCUT2D eigenvalue weighted by Gasteiger charge is -2.42. The summed E-state index contributed by atoms with van der Waals surface area (Å²) in [5, 5.41) is 10.8. The average Bonchev–Trinajstić information content (AvgIpc) is 2.98. The van der Waals surface area contributed by atoms with Crippen molar-refractivity contribution in [3.05, 3.63) is 86.8 Å². The smallest absolute Gasteiger partial charge is 0.316 e. The van der Waals surface area contributed by atoms with E-state index in [0.29, 0.717) is 6.54 Å². The summed E-state index contributed by atoms with van der Waals surface area (Å²) in [5.74, 6) is -1.33. The Morgan fingerprint density at radius 2 is 1.56 bits per heavy atom. The molecule has 176 valence electrons. The quantitative estimate of drug-likeness (QED) is 0.586. The number of nitrogens with zero attached hydrogens (tertiary/aromatic N) is 3. The predicted molar refractivity (Wildman–Crippen MR) is 130 cm³/mol. The summed E-state index contributed by atoms with van der Waals surface area (Å²) in [7, 11) is -1.65. The summed E-state index contributed by atoms with van der Waals surface area (Å²) in [6.45, 7) is 4.16. The van der Waals surface area contributed by atoms with Crippen LogP contribution < -0.4 is 5.56 Å². The maximum atomic E-state index is 13.5. The van der Waals surface area contributed by atoms with Crippen LogP contribution in [0.15, 0.2) is 58.5 Å². The van der Waals surface area contributed by atoms with Crippen LogP contribution in [0.4, 0.5) is 0 Å². The van der Waals surface area contributed by atoms with Gasteiger partial charge in [0.15, 0.2) is 5.69 Å². The molecule has 5 rings (SSSR count). The molecule has 0 saturated carbocycles. The lowest BCUT2D eigenvalue weighted by atomic mass is 9.81. The predicted octanol–water partition coefficient (Wildman–Crippen LogP) is 3.02. The van der Waals surface area contributed by atoms with Crippen LogP contribution in [0.2, 0.25) is 0 Å². The van der Waals surface area contributed by atoms with E-state index in [-0.39, 0.29) is 22.8 Å². The monoisotopic (exact) mass is 477 g/mol. The van der Waals surface area contributed by atoms with E-state index >= 15 is 0 Å². The molecule has 2 aliphatic rings. The highest BCUT2D eigenvalue weighted by atomic mass is 32.2. The fourth-order valence-electron chi connectivity index (χ4n) is 5.40. The van der Waals surface area contributed by atoms with E-state index < -0.39 is 34.1 Å². The maximum Gasteiger partial charge on any atom is 0.316 e. The minimum atomic E-state index is -1.65. The molecule has 0 saturated heterocycles. The van der Waals surface area contributed by atoms with Crippen molar-refractivity contribution in [2.24, 2.45) is 0 Å². The van der Waals surface area contributed by atoms with Crippen LogP contribution in [0.3, 0.4) is 0 Å². The molecular weight excluding hydrogens is 450 g/mol. The lowest BCUT2D eigenvalue weighted by molar-refractivity contribution is 0.0573. The molecule has 0 fully saturated rings. The van der Waals surface area contributed by atoms with E-state index in [9.17, 15) is 18.9 Å². The summed E-state index contributed by atoms with van der Waals surface area (Å²) < 4.78 is 14.4. The normalized spacial score (nSPS) is 18.8. The molecule has 0 radical (unpaired) electrons. The van der Waals surface area contributed by atoms with Gasteiger partial charge in [0, 0.05) is 24.8 Å². The SMILES string of the molecule is CC(C)N1C[C@H](C2c3ccccc3CCc3ccccc32)n2c(S(C)=O)nc(=O)c(O)c2C1=O. The van der Waals surface area contributed by atoms with Gasteiger partial charge in [0.2, 0.25) is 10.9 Å². The zero-order valence-electron chi connectivity index (χ0n) is 19.4. The number of amides is 1. The topological polar surface area (TPSA) is 92.5 Å². The van der Waals surface area contributed by atoms with Crippen LogP contribution in [0.5, 0.6) is 5.75 Å².